The highest BCUT2D eigenvalue weighted by molar-refractivity contribution is 6.39. The Labute approximate surface area is 279 Å². The van der Waals surface area contributed by atoms with Crippen molar-refractivity contribution in [3.8, 4) is 0 Å². The monoisotopic (exact) mass is 677 g/mol. The molecule has 12 heteroatoms. The van der Waals surface area contributed by atoms with Crippen LogP contribution < -0.4 is 5.32 Å². The molecule has 1 amide bonds. The van der Waals surface area contributed by atoms with Crippen LogP contribution in [0.2, 0.25) is 10.0 Å². The number of carbonyl (C=O) groups is 6. The molecule has 0 saturated heterocycles. The molecule has 0 aliphatic heterocycles. The van der Waals surface area contributed by atoms with E-state index in [2.05, 4.69) is 5.32 Å². The zero-order chi connectivity index (χ0) is 34.6. The highest BCUT2D eigenvalue weighted by Crippen LogP contribution is 2.25. The first-order valence-electron chi connectivity index (χ1n) is 14.9. The molecule has 250 valence electrons. The second kappa shape index (κ2) is 17.8. The summed E-state index contributed by atoms with van der Waals surface area (Å²) in [7, 11) is 0. The number of hydrogen-bond acceptors (Lipinski definition) is 9. The number of ether oxygens (including phenoxy) is 3. The van der Waals surface area contributed by atoms with Crippen molar-refractivity contribution in [2.45, 2.75) is 79.1 Å². The summed E-state index contributed by atoms with van der Waals surface area (Å²) in [6, 6.07) is 12.5. The highest BCUT2D eigenvalue weighted by atomic mass is 35.5. The van der Waals surface area contributed by atoms with Crippen LogP contribution in [0.15, 0.2) is 48.5 Å². The van der Waals surface area contributed by atoms with Gasteiger partial charge in [0, 0.05) is 12.3 Å². The molecule has 0 aliphatic carbocycles. The van der Waals surface area contributed by atoms with Crippen molar-refractivity contribution in [2.24, 2.45) is 17.8 Å². The SMILES string of the molecule is CC(C)[C@H](CC(=O)OCc1ccccc1)C(=O)N[C@@H](C)C(=O)C[C@@H](CC(=O)OC(C)(C)C)C(=O)COC(=O)c1c(Cl)cccc1Cl. The first kappa shape index (κ1) is 38.4. The maximum atomic E-state index is 13.2. The third-order valence-corrected chi connectivity index (χ3v) is 7.49. The molecule has 0 fully saturated rings. The second-order valence-corrected chi connectivity index (χ2v) is 13.0. The maximum absolute atomic E-state index is 13.2. The zero-order valence-electron chi connectivity index (χ0n) is 26.9. The largest absolute Gasteiger partial charge is 0.461 e. The highest BCUT2D eigenvalue weighted by Gasteiger charge is 2.32. The second-order valence-electron chi connectivity index (χ2n) is 12.2. The fourth-order valence-corrected chi connectivity index (χ4v) is 4.88. The van der Waals surface area contributed by atoms with Crippen molar-refractivity contribution in [1.82, 2.24) is 5.32 Å². The Hall–Kier alpha value is -3.76. The molecule has 2 rings (SSSR count). The lowest BCUT2D eigenvalue weighted by Crippen LogP contribution is -2.44. The molecule has 0 unspecified atom stereocenters. The minimum absolute atomic E-state index is 0.0270. The van der Waals surface area contributed by atoms with Crippen molar-refractivity contribution in [2.75, 3.05) is 6.61 Å². The van der Waals surface area contributed by atoms with E-state index < -0.39 is 78.3 Å². The summed E-state index contributed by atoms with van der Waals surface area (Å²) in [6.07, 6.45) is -1.11. The predicted octanol–water partition coefficient (Wildman–Crippen LogP) is 5.94. The molecule has 1 N–H and O–H groups in total. The van der Waals surface area contributed by atoms with Crippen LogP contribution in [0.3, 0.4) is 0 Å². The van der Waals surface area contributed by atoms with Crippen molar-refractivity contribution in [1.29, 1.82) is 0 Å². The number of amides is 1. The summed E-state index contributed by atoms with van der Waals surface area (Å²) in [5.74, 6) is -6.30. The van der Waals surface area contributed by atoms with Gasteiger partial charge in [0.2, 0.25) is 5.91 Å². The van der Waals surface area contributed by atoms with Crippen LogP contribution in [0.25, 0.3) is 0 Å². The van der Waals surface area contributed by atoms with Gasteiger partial charge < -0.3 is 19.5 Å². The number of benzene rings is 2. The molecule has 2 aromatic rings. The maximum Gasteiger partial charge on any atom is 0.341 e. The fraction of sp³-hybridized carbons (Fsp3) is 0.471. The third kappa shape index (κ3) is 12.9. The Morgan fingerprint density at radius 2 is 1.37 bits per heavy atom. The Morgan fingerprint density at radius 1 is 0.761 bits per heavy atom. The van der Waals surface area contributed by atoms with E-state index >= 15 is 0 Å². The Morgan fingerprint density at radius 3 is 1.93 bits per heavy atom. The van der Waals surface area contributed by atoms with Crippen LogP contribution in [0.4, 0.5) is 0 Å². The van der Waals surface area contributed by atoms with Crippen molar-refractivity contribution < 1.29 is 43.0 Å². The average molecular weight is 679 g/mol. The normalized spacial score (nSPS) is 13.2. The van der Waals surface area contributed by atoms with Gasteiger partial charge in [-0.1, -0.05) is 73.4 Å². The summed E-state index contributed by atoms with van der Waals surface area (Å²) < 4.78 is 15.8. The molecule has 0 saturated carbocycles. The van der Waals surface area contributed by atoms with Gasteiger partial charge in [-0.15, -0.1) is 0 Å². The molecular formula is C34H41Cl2NO9. The van der Waals surface area contributed by atoms with Crippen LogP contribution >= 0.6 is 23.2 Å². The number of ketones is 2. The zero-order valence-corrected chi connectivity index (χ0v) is 28.4. The lowest BCUT2D eigenvalue weighted by molar-refractivity contribution is -0.157. The van der Waals surface area contributed by atoms with Crippen LogP contribution in [0.5, 0.6) is 0 Å². The van der Waals surface area contributed by atoms with E-state index in [0.717, 1.165) is 5.56 Å². The Balaban J connectivity index is 2.07. The number of nitrogens with one attached hydrogen (secondary N) is 1. The molecule has 10 nitrogen and oxygen atoms in total. The molecule has 2 aromatic carbocycles. The van der Waals surface area contributed by atoms with Gasteiger partial charge >= 0.3 is 17.9 Å². The van der Waals surface area contributed by atoms with Crippen LogP contribution in [0.1, 0.15) is 76.7 Å². The van der Waals surface area contributed by atoms with Gasteiger partial charge in [-0.05, 0) is 51.3 Å². The van der Waals surface area contributed by atoms with E-state index in [4.69, 9.17) is 37.4 Å². The number of rotatable bonds is 16. The molecule has 0 bridgehead atoms. The van der Waals surface area contributed by atoms with Crippen LogP contribution in [-0.2, 0) is 44.8 Å². The van der Waals surface area contributed by atoms with Gasteiger partial charge in [0.15, 0.2) is 18.2 Å². The minimum Gasteiger partial charge on any atom is -0.461 e. The topological polar surface area (TPSA) is 142 Å². The first-order valence-corrected chi connectivity index (χ1v) is 15.6. The van der Waals surface area contributed by atoms with E-state index in [1.165, 1.54) is 25.1 Å². The summed E-state index contributed by atoms with van der Waals surface area (Å²) in [6.45, 7) is 9.26. The van der Waals surface area contributed by atoms with Gasteiger partial charge in [0.05, 0.1) is 40.4 Å². The molecule has 46 heavy (non-hydrogen) atoms. The number of hydrogen-bond donors (Lipinski definition) is 1. The van der Waals surface area contributed by atoms with Gasteiger partial charge in [-0.2, -0.15) is 0 Å². The molecule has 3 atom stereocenters. The molecule has 0 spiro atoms. The van der Waals surface area contributed by atoms with Gasteiger partial charge in [-0.3, -0.25) is 24.0 Å². The summed E-state index contributed by atoms with van der Waals surface area (Å²) in [4.78, 5) is 77.3. The van der Waals surface area contributed by atoms with E-state index in [0.29, 0.717) is 0 Å². The molecule has 0 aliphatic rings. The molecule has 0 heterocycles. The number of carbonyl (C=O) groups excluding carboxylic acids is 6. The smallest absolute Gasteiger partial charge is 0.341 e. The minimum atomic E-state index is -1.22. The quantitative estimate of drug-likeness (QED) is 0.169. The third-order valence-electron chi connectivity index (χ3n) is 6.86. The van der Waals surface area contributed by atoms with E-state index in [9.17, 15) is 28.8 Å². The summed E-state index contributed by atoms with van der Waals surface area (Å²) in [5, 5.41) is 2.68. The van der Waals surface area contributed by atoms with Crippen molar-refractivity contribution >= 4 is 58.6 Å². The summed E-state index contributed by atoms with van der Waals surface area (Å²) in [5.41, 5.74) is -0.172. The van der Waals surface area contributed by atoms with Crippen molar-refractivity contribution in [3.63, 3.8) is 0 Å². The standard InChI is InChI=1S/C34H41Cl2NO9/c1-20(2)24(17-29(40)44-18-22-11-8-7-9-12-22)32(42)37-21(3)27(38)15-23(16-30(41)46-34(4,5)6)28(39)19-45-33(43)31-25(35)13-10-14-26(31)36/h7-14,20-21,23-24H,15-19H2,1-6H3,(H,37,42)/t21-,23-,24-/m0/s1. The van der Waals surface area contributed by atoms with Gasteiger partial charge in [-0.25, -0.2) is 4.79 Å². The fourth-order valence-electron chi connectivity index (χ4n) is 4.33. The molecule has 0 aromatic heterocycles. The van der Waals surface area contributed by atoms with Crippen LogP contribution in [-0.4, -0.2) is 53.6 Å². The van der Waals surface area contributed by atoms with E-state index in [1.54, 1.807) is 34.6 Å². The van der Waals surface area contributed by atoms with E-state index in [1.807, 2.05) is 30.3 Å². The van der Waals surface area contributed by atoms with Gasteiger partial charge in [0.25, 0.3) is 0 Å². The summed E-state index contributed by atoms with van der Waals surface area (Å²) >= 11 is 12.1. The lowest BCUT2D eigenvalue weighted by atomic mass is 9.90. The first-order chi connectivity index (χ1) is 21.5. The Bertz CT molecular complexity index is 1380. The van der Waals surface area contributed by atoms with Crippen molar-refractivity contribution in [3.05, 3.63) is 69.7 Å². The predicted molar refractivity (Wildman–Crippen MR) is 172 cm³/mol. The molecular weight excluding hydrogens is 637 g/mol. The number of halogens is 2. The van der Waals surface area contributed by atoms with Gasteiger partial charge in [0.1, 0.15) is 12.2 Å². The Kier molecular flexibility index (Phi) is 14.9. The average Bonchev–Trinajstić information content (AvgIpc) is 2.96. The van der Waals surface area contributed by atoms with E-state index in [-0.39, 0.29) is 34.6 Å². The number of esters is 3. The molecule has 0 radical (unpaired) electrons. The van der Waals surface area contributed by atoms with Crippen LogP contribution in [0, 0.1) is 17.8 Å². The lowest BCUT2D eigenvalue weighted by Gasteiger charge is -2.24. The number of Topliss-reactive ketones (excluding diaryl/α,β-unsaturated/α-hetero) is 2.